The summed E-state index contributed by atoms with van der Waals surface area (Å²) >= 11 is 0. The minimum atomic E-state index is 0. The van der Waals surface area contributed by atoms with Crippen LogP contribution in [0, 0.1) is 5.92 Å². The summed E-state index contributed by atoms with van der Waals surface area (Å²) in [6.07, 6.45) is 5.85. The summed E-state index contributed by atoms with van der Waals surface area (Å²) < 4.78 is 5.87. The Kier molecular flexibility index (Phi) is 4.55. The topological polar surface area (TPSA) is 34.6 Å². The number of fused-ring (bicyclic) bond motifs is 3. The van der Waals surface area contributed by atoms with E-state index in [1.165, 1.54) is 32.4 Å². The molecule has 0 spiro atoms. The molecule has 4 heteroatoms. The molecule has 4 rings (SSSR count). The van der Waals surface area contributed by atoms with E-state index in [4.69, 9.17) is 4.42 Å². The van der Waals surface area contributed by atoms with Gasteiger partial charge >= 0.3 is 0 Å². The number of carbonyl (C=O) groups excluding carboxylic acids is 1. The van der Waals surface area contributed by atoms with Gasteiger partial charge in [0, 0.05) is 11.8 Å². The first-order chi connectivity index (χ1) is 10.3. The Morgan fingerprint density at radius 1 is 1.14 bits per heavy atom. The molecule has 2 aromatic rings. The van der Waals surface area contributed by atoms with E-state index >= 15 is 0 Å². The molecule has 1 saturated heterocycles. The molecule has 3 nitrogen and oxygen atoms in total. The molecule has 1 aromatic carbocycles. The highest BCUT2D eigenvalue weighted by Gasteiger charge is 2.34. The zero-order valence-electron chi connectivity index (χ0n) is 12.7. The second-order valence-electron chi connectivity index (χ2n) is 6.51. The van der Waals surface area contributed by atoms with Crippen molar-refractivity contribution in [2.75, 3.05) is 19.6 Å². The lowest BCUT2D eigenvalue weighted by Gasteiger charge is -2.28. The number of quaternary nitrogens is 1. The van der Waals surface area contributed by atoms with Gasteiger partial charge in [0.05, 0.1) is 31.1 Å². The van der Waals surface area contributed by atoms with E-state index in [9.17, 15) is 4.79 Å². The van der Waals surface area contributed by atoms with E-state index in [-0.39, 0.29) is 18.3 Å². The number of Topliss-reactive ketones (excluding diaryl/α,β-unsaturated/α-hetero) is 1. The lowest BCUT2D eigenvalue weighted by Crippen LogP contribution is -3.13. The number of furan rings is 1. The van der Waals surface area contributed by atoms with Gasteiger partial charge in [-0.3, -0.25) is 4.79 Å². The van der Waals surface area contributed by atoms with Crippen LogP contribution in [-0.4, -0.2) is 25.4 Å². The third kappa shape index (κ3) is 2.68. The van der Waals surface area contributed by atoms with Gasteiger partial charge in [-0.1, -0.05) is 18.2 Å². The Balaban J connectivity index is 0.00000144. The fraction of sp³-hybridized carbons (Fsp3) is 0.500. The third-order valence-electron chi connectivity index (χ3n) is 5.10. The van der Waals surface area contributed by atoms with Crippen molar-refractivity contribution in [1.29, 1.82) is 0 Å². The number of rotatable bonds is 2. The second kappa shape index (κ2) is 6.43. The highest BCUT2D eigenvalue weighted by molar-refractivity contribution is 6.10. The minimum Gasteiger partial charge on any atom is -1.00 e. The molecule has 118 valence electrons. The summed E-state index contributed by atoms with van der Waals surface area (Å²) in [6, 6.07) is 7.94. The van der Waals surface area contributed by atoms with E-state index in [2.05, 4.69) is 0 Å². The zero-order chi connectivity index (χ0) is 14.2. The minimum absolute atomic E-state index is 0. The van der Waals surface area contributed by atoms with Crippen molar-refractivity contribution in [2.45, 2.75) is 32.1 Å². The van der Waals surface area contributed by atoms with Gasteiger partial charge < -0.3 is 21.7 Å². The Morgan fingerprint density at radius 3 is 2.73 bits per heavy atom. The van der Waals surface area contributed by atoms with E-state index < -0.39 is 0 Å². The van der Waals surface area contributed by atoms with Crippen LogP contribution in [-0.2, 0) is 6.42 Å². The molecule has 22 heavy (non-hydrogen) atoms. The Bertz CT molecular complexity index is 673. The molecular formula is C18H22ClNO2. The van der Waals surface area contributed by atoms with Crippen LogP contribution in [0.15, 0.2) is 28.7 Å². The van der Waals surface area contributed by atoms with Crippen LogP contribution in [0.5, 0.6) is 0 Å². The molecule has 0 bridgehead atoms. The summed E-state index contributed by atoms with van der Waals surface area (Å²) in [4.78, 5) is 14.5. The van der Waals surface area contributed by atoms with Gasteiger partial charge in [-0.25, -0.2) is 0 Å². The second-order valence-corrected chi connectivity index (χ2v) is 6.51. The molecule has 1 aliphatic carbocycles. The van der Waals surface area contributed by atoms with Crippen molar-refractivity contribution in [3.05, 3.63) is 35.6 Å². The Hall–Kier alpha value is -1.32. The van der Waals surface area contributed by atoms with Crippen molar-refractivity contribution in [3.63, 3.8) is 0 Å². The zero-order valence-corrected chi connectivity index (χ0v) is 13.5. The predicted octanol–water partition coefficient (Wildman–Crippen LogP) is -0.749. The van der Waals surface area contributed by atoms with Crippen LogP contribution in [0.4, 0.5) is 0 Å². The number of para-hydroxylation sites is 1. The molecule has 2 aliphatic rings. The molecule has 1 aliphatic heterocycles. The van der Waals surface area contributed by atoms with Crippen LogP contribution < -0.4 is 17.3 Å². The van der Waals surface area contributed by atoms with Crippen molar-refractivity contribution < 1.29 is 26.5 Å². The largest absolute Gasteiger partial charge is 1.00 e. The number of benzene rings is 1. The molecule has 1 aromatic heterocycles. The quantitative estimate of drug-likeness (QED) is 0.790. The number of likely N-dealkylation sites (tertiary alicyclic amines) is 1. The predicted molar refractivity (Wildman–Crippen MR) is 81.8 cm³/mol. The normalized spacial score (nSPS) is 22.4. The fourth-order valence-electron chi connectivity index (χ4n) is 3.98. The fourth-order valence-corrected chi connectivity index (χ4v) is 3.98. The van der Waals surface area contributed by atoms with Crippen LogP contribution in [0.25, 0.3) is 11.0 Å². The summed E-state index contributed by atoms with van der Waals surface area (Å²) in [7, 11) is 0. The molecule has 0 radical (unpaired) electrons. The monoisotopic (exact) mass is 319 g/mol. The average Bonchev–Trinajstić information content (AvgIpc) is 2.90. The molecule has 1 unspecified atom stereocenters. The maximum atomic E-state index is 12.9. The standard InChI is InChI=1S/C18H21NO2.ClH/c20-18-13(12-19-10-4-1-5-11-19)8-9-16-17(18)14-6-2-3-7-15(14)21-16;/h2-3,6-7,13H,1,4-5,8-12H2;1H. The summed E-state index contributed by atoms with van der Waals surface area (Å²) in [5.41, 5.74) is 1.74. The van der Waals surface area contributed by atoms with Crippen molar-refractivity contribution in [3.8, 4) is 0 Å². The third-order valence-corrected chi connectivity index (χ3v) is 5.10. The number of piperidine rings is 1. The van der Waals surface area contributed by atoms with E-state index in [0.717, 1.165) is 41.7 Å². The first kappa shape index (κ1) is 15.6. The lowest BCUT2D eigenvalue weighted by molar-refractivity contribution is -0.907. The molecule has 0 saturated carbocycles. The molecule has 1 atom stereocenters. The summed E-state index contributed by atoms with van der Waals surface area (Å²) in [5.74, 6) is 1.41. The first-order valence-corrected chi connectivity index (χ1v) is 8.21. The number of carbonyl (C=O) groups is 1. The summed E-state index contributed by atoms with van der Waals surface area (Å²) in [6.45, 7) is 3.49. The molecule has 1 fully saturated rings. The maximum absolute atomic E-state index is 12.9. The number of aryl methyl sites for hydroxylation is 1. The van der Waals surface area contributed by atoms with Crippen LogP contribution >= 0.6 is 0 Å². The van der Waals surface area contributed by atoms with Crippen LogP contribution in [0.2, 0.25) is 0 Å². The van der Waals surface area contributed by atoms with E-state index in [1.54, 1.807) is 4.90 Å². The molecule has 1 N–H and O–H groups in total. The first-order valence-electron chi connectivity index (χ1n) is 8.21. The van der Waals surface area contributed by atoms with Gasteiger partial charge in [0.2, 0.25) is 0 Å². The van der Waals surface area contributed by atoms with Gasteiger partial charge in [-0.15, -0.1) is 0 Å². The summed E-state index contributed by atoms with van der Waals surface area (Å²) in [5, 5.41) is 1.01. The Morgan fingerprint density at radius 2 is 1.91 bits per heavy atom. The van der Waals surface area contributed by atoms with Crippen molar-refractivity contribution >= 4 is 16.8 Å². The molecule has 0 amide bonds. The number of ketones is 1. The van der Waals surface area contributed by atoms with Gasteiger partial charge in [0.25, 0.3) is 0 Å². The highest BCUT2D eigenvalue weighted by atomic mass is 35.5. The van der Waals surface area contributed by atoms with Crippen molar-refractivity contribution in [2.24, 2.45) is 5.92 Å². The van der Waals surface area contributed by atoms with Gasteiger partial charge in [-0.05, 0) is 31.7 Å². The Labute approximate surface area is 137 Å². The highest BCUT2D eigenvalue weighted by Crippen LogP contribution is 2.33. The van der Waals surface area contributed by atoms with E-state index in [0.29, 0.717) is 5.78 Å². The van der Waals surface area contributed by atoms with Gasteiger partial charge in [0.1, 0.15) is 11.3 Å². The maximum Gasteiger partial charge on any atom is 0.175 e. The SMILES string of the molecule is O=C1c2c(oc3ccccc23)CCC1C[NH+]1CCCCC1.[Cl-]. The number of hydrogen-bond donors (Lipinski definition) is 1. The van der Waals surface area contributed by atoms with Gasteiger partial charge in [0.15, 0.2) is 5.78 Å². The van der Waals surface area contributed by atoms with Crippen LogP contribution in [0.1, 0.15) is 41.8 Å². The smallest absolute Gasteiger partial charge is 0.175 e. The number of nitrogens with one attached hydrogen (secondary N) is 1. The lowest BCUT2D eigenvalue weighted by atomic mass is 9.84. The van der Waals surface area contributed by atoms with Gasteiger partial charge in [-0.2, -0.15) is 0 Å². The number of hydrogen-bond acceptors (Lipinski definition) is 2. The average molecular weight is 320 g/mol. The molecule has 2 heterocycles. The van der Waals surface area contributed by atoms with Crippen LogP contribution in [0.3, 0.4) is 0 Å². The number of halogens is 1. The van der Waals surface area contributed by atoms with Crippen molar-refractivity contribution in [1.82, 2.24) is 0 Å². The molecular weight excluding hydrogens is 298 g/mol. The van der Waals surface area contributed by atoms with E-state index in [1.807, 2.05) is 24.3 Å².